The third-order valence-corrected chi connectivity index (χ3v) is 4.58. The van der Waals surface area contributed by atoms with Crippen molar-refractivity contribution in [3.8, 4) is 0 Å². The van der Waals surface area contributed by atoms with Crippen LogP contribution < -0.4 is 0 Å². The molecule has 0 aliphatic rings. The molecule has 0 radical (unpaired) electrons. The van der Waals surface area contributed by atoms with Crippen LogP contribution in [0.15, 0.2) is 91.0 Å². The molecular formula is C23H24O2. The Balaban J connectivity index is 2.27. The fraction of sp³-hybridized carbons (Fsp3) is 0.217. The van der Waals surface area contributed by atoms with Gasteiger partial charge in [-0.25, -0.2) is 0 Å². The number of aliphatic hydroxyl groups is 1. The van der Waals surface area contributed by atoms with Gasteiger partial charge in [0.2, 0.25) is 0 Å². The number of ether oxygens (including phenoxy) is 1. The first-order valence-electron chi connectivity index (χ1n) is 8.67. The van der Waals surface area contributed by atoms with E-state index in [-0.39, 0.29) is 6.10 Å². The van der Waals surface area contributed by atoms with Crippen LogP contribution >= 0.6 is 0 Å². The molecule has 0 saturated heterocycles. The molecule has 0 fully saturated rings. The predicted octanol–water partition coefficient (Wildman–Crippen LogP) is 4.76. The van der Waals surface area contributed by atoms with Gasteiger partial charge in [0.15, 0.2) is 0 Å². The molecule has 2 atom stereocenters. The fourth-order valence-electron chi connectivity index (χ4n) is 3.10. The first kappa shape index (κ1) is 17.4. The van der Waals surface area contributed by atoms with Gasteiger partial charge in [0.1, 0.15) is 5.60 Å². The molecule has 0 aromatic heterocycles. The van der Waals surface area contributed by atoms with Crippen molar-refractivity contribution in [2.75, 3.05) is 0 Å². The number of rotatable bonds is 6. The number of benzene rings is 3. The quantitative estimate of drug-likeness (QED) is 0.659. The zero-order chi connectivity index (χ0) is 17.7. The van der Waals surface area contributed by atoms with Crippen LogP contribution in [0.2, 0.25) is 0 Å². The summed E-state index contributed by atoms with van der Waals surface area (Å²) in [6.45, 7) is 3.67. The SMILES string of the molecule is CC(O)C(C)OC(c1ccccc1)(c1ccccc1)c1ccccc1. The standard InChI is InChI=1S/C23H24O2/c1-18(24)19(2)25-23(20-12-6-3-7-13-20,21-14-8-4-9-15-21)22-16-10-5-11-17-22/h3-19,24H,1-2H3. The van der Waals surface area contributed by atoms with E-state index >= 15 is 0 Å². The molecule has 2 unspecified atom stereocenters. The highest BCUT2D eigenvalue weighted by molar-refractivity contribution is 5.47. The Morgan fingerprint density at radius 1 is 0.640 bits per heavy atom. The van der Waals surface area contributed by atoms with E-state index in [1.165, 1.54) is 0 Å². The van der Waals surface area contributed by atoms with Gasteiger partial charge in [0.05, 0.1) is 12.2 Å². The summed E-state index contributed by atoms with van der Waals surface area (Å²) in [7, 11) is 0. The average molecular weight is 332 g/mol. The molecule has 25 heavy (non-hydrogen) atoms. The lowest BCUT2D eigenvalue weighted by Crippen LogP contribution is -2.39. The van der Waals surface area contributed by atoms with E-state index in [0.29, 0.717) is 0 Å². The second-order valence-electron chi connectivity index (χ2n) is 6.34. The summed E-state index contributed by atoms with van der Waals surface area (Å²) >= 11 is 0. The fourth-order valence-corrected chi connectivity index (χ4v) is 3.10. The highest BCUT2D eigenvalue weighted by Crippen LogP contribution is 2.41. The van der Waals surface area contributed by atoms with Gasteiger partial charge in [0.25, 0.3) is 0 Å². The minimum Gasteiger partial charge on any atom is -0.391 e. The van der Waals surface area contributed by atoms with E-state index in [2.05, 4.69) is 36.4 Å². The van der Waals surface area contributed by atoms with Gasteiger partial charge in [-0.2, -0.15) is 0 Å². The number of hydrogen-bond donors (Lipinski definition) is 1. The molecular weight excluding hydrogens is 308 g/mol. The Bertz CT molecular complexity index is 670. The van der Waals surface area contributed by atoms with Crippen molar-refractivity contribution in [2.24, 2.45) is 0 Å². The van der Waals surface area contributed by atoms with Crippen molar-refractivity contribution in [1.29, 1.82) is 0 Å². The normalized spacial score (nSPS) is 14.0. The molecule has 0 saturated carbocycles. The average Bonchev–Trinajstić information content (AvgIpc) is 2.68. The summed E-state index contributed by atoms with van der Waals surface area (Å²) < 4.78 is 6.61. The zero-order valence-corrected chi connectivity index (χ0v) is 14.7. The zero-order valence-electron chi connectivity index (χ0n) is 14.7. The van der Waals surface area contributed by atoms with Gasteiger partial charge in [-0.15, -0.1) is 0 Å². The van der Waals surface area contributed by atoms with Crippen LogP contribution in [0.3, 0.4) is 0 Å². The Kier molecular flexibility index (Phi) is 5.32. The summed E-state index contributed by atoms with van der Waals surface area (Å²) in [6, 6.07) is 30.6. The van der Waals surface area contributed by atoms with Crippen molar-refractivity contribution in [3.63, 3.8) is 0 Å². The van der Waals surface area contributed by atoms with Gasteiger partial charge < -0.3 is 9.84 Å². The van der Waals surface area contributed by atoms with E-state index in [1.54, 1.807) is 6.92 Å². The topological polar surface area (TPSA) is 29.5 Å². The van der Waals surface area contributed by atoms with Crippen molar-refractivity contribution in [3.05, 3.63) is 108 Å². The van der Waals surface area contributed by atoms with Crippen LogP contribution in [0.1, 0.15) is 30.5 Å². The minimum absolute atomic E-state index is 0.333. The van der Waals surface area contributed by atoms with Gasteiger partial charge >= 0.3 is 0 Å². The van der Waals surface area contributed by atoms with Crippen LogP contribution in [-0.2, 0) is 10.3 Å². The van der Waals surface area contributed by atoms with Crippen LogP contribution in [-0.4, -0.2) is 17.3 Å². The third-order valence-electron chi connectivity index (χ3n) is 4.58. The first-order chi connectivity index (χ1) is 12.1. The number of aliphatic hydroxyl groups excluding tert-OH is 1. The van der Waals surface area contributed by atoms with E-state index < -0.39 is 11.7 Å². The lowest BCUT2D eigenvalue weighted by atomic mass is 9.80. The van der Waals surface area contributed by atoms with Crippen molar-refractivity contribution < 1.29 is 9.84 Å². The monoisotopic (exact) mass is 332 g/mol. The highest BCUT2D eigenvalue weighted by atomic mass is 16.5. The molecule has 0 spiro atoms. The van der Waals surface area contributed by atoms with Crippen molar-refractivity contribution >= 4 is 0 Å². The molecule has 128 valence electrons. The molecule has 2 nitrogen and oxygen atoms in total. The number of hydrogen-bond acceptors (Lipinski definition) is 2. The molecule has 1 N–H and O–H groups in total. The van der Waals surface area contributed by atoms with E-state index in [1.807, 2.05) is 61.5 Å². The molecule has 3 aromatic rings. The second kappa shape index (κ2) is 7.64. The van der Waals surface area contributed by atoms with Crippen molar-refractivity contribution in [2.45, 2.75) is 31.7 Å². The summed E-state index contributed by atoms with van der Waals surface area (Å²) in [5.41, 5.74) is 2.35. The lowest BCUT2D eigenvalue weighted by Gasteiger charge is -2.39. The second-order valence-corrected chi connectivity index (χ2v) is 6.34. The van der Waals surface area contributed by atoms with E-state index in [9.17, 15) is 5.11 Å². The predicted molar refractivity (Wildman–Crippen MR) is 101 cm³/mol. The molecule has 0 amide bonds. The van der Waals surface area contributed by atoms with Crippen LogP contribution in [0, 0.1) is 0 Å². The molecule has 0 aliphatic heterocycles. The Morgan fingerprint density at radius 2 is 0.960 bits per heavy atom. The third kappa shape index (κ3) is 3.51. The van der Waals surface area contributed by atoms with Crippen LogP contribution in [0.4, 0.5) is 0 Å². The highest BCUT2D eigenvalue weighted by Gasteiger charge is 2.39. The molecule has 2 heteroatoms. The Labute approximate surface area is 149 Å². The van der Waals surface area contributed by atoms with Gasteiger partial charge in [-0.05, 0) is 30.5 Å². The molecule has 0 heterocycles. The summed E-state index contributed by atoms with van der Waals surface area (Å²) in [4.78, 5) is 0. The molecule has 0 aliphatic carbocycles. The molecule has 0 bridgehead atoms. The van der Waals surface area contributed by atoms with Gasteiger partial charge in [-0.3, -0.25) is 0 Å². The Morgan fingerprint density at radius 3 is 1.24 bits per heavy atom. The van der Waals surface area contributed by atoms with Crippen LogP contribution in [0.5, 0.6) is 0 Å². The van der Waals surface area contributed by atoms with E-state index in [0.717, 1.165) is 16.7 Å². The molecule has 3 aromatic carbocycles. The van der Waals surface area contributed by atoms with Crippen LogP contribution in [0.25, 0.3) is 0 Å². The summed E-state index contributed by atoms with van der Waals surface area (Å²) in [5.74, 6) is 0. The smallest absolute Gasteiger partial charge is 0.144 e. The van der Waals surface area contributed by atoms with Gasteiger partial charge in [0, 0.05) is 0 Å². The van der Waals surface area contributed by atoms with E-state index in [4.69, 9.17) is 4.74 Å². The molecule has 3 rings (SSSR count). The summed E-state index contributed by atoms with van der Waals surface area (Å²) in [6.07, 6.45) is -0.906. The summed E-state index contributed by atoms with van der Waals surface area (Å²) in [5, 5.41) is 10.1. The maximum absolute atomic E-state index is 10.1. The lowest BCUT2D eigenvalue weighted by molar-refractivity contribution is -0.0877. The largest absolute Gasteiger partial charge is 0.391 e. The van der Waals surface area contributed by atoms with Crippen molar-refractivity contribution in [1.82, 2.24) is 0 Å². The first-order valence-corrected chi connectivity index (χ1v) is 8.67. The maximum atomic E-state index is 10.1. The maximum Gasteiger partial charge on any atom is 0.144 e. The minimum atomic E-state index is -0.778. The Hall–Kier alpha value is -2.42. The van der Waals surface area contributed by atoms with Gasteiger partial charge in [-0.1, -0.05) is 91.0 Å².